The van der Waals surface area contributed by atoms with Gasteiger partial charge in [0.2, 0.25) is 0 Å². The third-order valence-electron chi connectivity index (χ3n) is 2.76. The Morgan fingerprint density at radius 2 is 2.22 bits per heavy atom. The lowest BCUT2D eigenvalue weighted by Crippen LogP contribution is -2.37. The molecule has 4 heteroatoms. The largest absolute Gasteiger partial charge is 0.383 e. The second-order valence-electron chi connectivity index (χ2n) is 4.38. The van der Waals surface area contributed by atoms with Crippen molar-refractivity contribution in [3.63, 3.8) is 0 Å². The standard InChI is InChI=1S/C14H20FNO2/c1-4-5-12(9-18-3)16-14(17)11-6-7-13(15)10(2)8-11/h6-8,12H,4-5,9H2,1-3H3,(H,16,17). The molecule has 0 bridgehead atoms. The fourth-order valence-electron chi connectivity index (χ4n) is 1.80. The molecule has 1 atom stereocenters. The van der Waals surface area contributed by atoms with Crippen LogP contribution in [0.1, 0.15) is 35.7 Å². The number of carbonyl (C=O) groups is 1. The van der Waals surface area contributed by atoms with Crippen LogP contribution >= 0.6 is 0 Å². The number of benzene rings is 1. The summed E-state index contributed by atoms with van der Waals surface area (Å²) in [5, 5.41) is 2.90. The number of halogens is 1. The van der Waals surface area contributed by atoms with Gasteiger partial charge in [-0.3, -0.25) is 4.79 Å². The van der Waals surface area contributed by atoms with Crippen LogP contribution < -0.4 is 5.32 Å². The summed E-state index contributed by atoms with van der Waals surface area (Å²) in [6.45, 7) is 4.18. The molecule has 1 unspecified atom stereocenters. The van der Waals surface area contributed by atoms with Crippen molar-refractivity contribution in [1.29, 1.82) is 0 Å². The zero-order valence-corrected chi connectivity index (χ0v) is 11.1. The Morgan fingerprint density at radius 3 is 2.78 bits per heavy atom. The molecule has 0 saturated heterocycles. The van der Waals surface area contributed by atoms with Gasteiger partial charge in [0.1, 0.15) is 5.82 Å². The molecule has 1 aromatic rings. The zero-order valence-electron chi connectivity index (χ0n) is 11.1. The Bertz CT molecular complexity index is 401. The van der Waals surface area contributed by atoms with Gasteiger partial charge in [-0.1, -0.05) is 13.3 Å². The van der Waals surface area contributed by atoms with Crippen molar-refractivity contribution in [3.8, 4) is 0 Å². The Morgan fingerprint density at radius 1 is 1.50 bits per heavy atom. The first-order chi connectivity index (χ1) is 8.58. The van der Waals surface area contributed by atoms with Gasteiger partial charge in [-0.2, -0.15) is 0 Å². The molecule has 0 saturated carbocycles. The highest BCUT2D eigenvalue weighted by molar-refractivity contribution is 5.94. The number of hydrogen-bond donors (Lipinski definition) is 1. The van der Waals surface area contributed by atoms with E-state index in [1.807, 2.05) is 0 Å². The van der Waals surface area contributed by atoms with Crippen LogP contribution in [0.4, 0.5) is 4.39 Å². The van der Waals surface area contributed by atoms with Crippen molar-refractivity contribution in [2.45, 2.75) is 32.7 Å². The van der Waals surface area contributed by atoms with E-state index in [0.717, 1.165) is 12.8 Å². The van der Waals surface area contributed by atoms with E-state index in [4.69, 9.17) is 4.74 Å². The van der Waals surface area contributed by atoms with Crippen molar-refractivity contribution in [2.75, 3.05) is 13.7 Å². The lowest BCUT2D eigenvalue weighted by Gasteiger charge is -2.17. The van der Waals surface area contributed by atoms with Gasteiger partial charge in [-0.05, 0) is 37.1 Å². The summed E-state index contributed by atoms with van der Waals surface area (Å²) in [4.78, 5) is 12.0. The zero-order chi connectivity index (χ0) is 13.5. The van der Waals surface area contributed by atoms with Gasteiger partial charge in [-0.15, -0.1) is 0 Å². The predicted octanol–water partition coefficient (Wildman–Crippen LogP) is 2.68. The Hall–Kier alpha value is -1.42. The smallest absolute Gasteiger partial charge is 0.251 e. The minimum absolute atomic E-state index is 0.00198. The van der Waals surface area contributed by atoms with Crippen molar-refractivity contribution < 1.29 is 13.9 Å². The molecule has 0 radical (unpaired) electrons. The minimum Gasteiger partial charge on any atom is -0.383 e. The van der Waals surface area contributed by atoms with Crippen LogP contribution in [0.5, 0.6) is 0 Å². The van der Waals surface area contributed by atoms with Gasteiger partial charge >= 0.3 is 0 Å². The summed E-state index contributed by atoms with van der Waals surface area (Å²) in [5.74, 6) is -0.484. The molecule has 0 aromatic heterocycles. The van der Waals surface area contributed by atoms with Gasteiger partial charge in [-0.25, -0.2) is 4.39 Å². The Labute approximate surface area is 107 Å². The van der Waals surface area contributed by atoms with Gasteiger partial charge < -0.3 is 10.1 Å². The third kappa shape index (κ3) is 4.11. The SMILES string of the molecule is CCCC(COC)NC(=O)c1ccc(F)c(C)c1. The number of aryl methyl sites for hydroxylation is 1. The number of amides is 1. The van der Waals surface area contributed by atoms with Crippen LogP contribution in [-0.4, -0.2) is 25.7 Å². The summed E-state index contributed by atoms with van der Waals surface area (Å²) in [7, 11) is 1.61. The molecular formula is C14H20FNO2. The van der Waals surface area contributed by atoms with E-state index in [1.54, 1.807) is 20.1 Å². The van der Waals surface area contributed by atoms with Crippen LogP contribution in [0, 0.1) is 12.7 Å². The van der Waals surface area contributed by atoms with Crippen LogP contribution in [0.2, 0.25) is 0 Å². The van der Waals surface area contributed by atoms with E-state index in [2.05, 4.69) is 12.2 Å². The predicted molar refractivity (Wildman–Crippen MR) is 69.2 cm³/mol. The van der Waals surface area contributed by atoms with Gasteiger partial charge in [0.05, 0.1) is 12.6 Å². The molecule has 0 aliphatic heterocycles. The van der Waals surface area contributed by atoms with Crippen molar-refractivity contribution in [3.05, 3.63) is 35.1 Å². The average molecular weight is 253 g/mol. The third-order valence-corrected chi connectivity index (χ3v) is 2.76. The fraction of sp³-hybridized carbons (Fsp3) is 0.500. The first kappa shape index (κ1) is 14.6. The summed E-state index contributed by atoms with van der Waals surface area (Å²) < 4.78 is 18.2. The van der Waals surface area contributed by atoms with Gasteiger partial charge in [0.25, 0.3) is 5.91 Å². The van der Waals surface area contributed by atoms with Crippen molar-refractivity contribution in [1.82, 2.24) is 5.32 Å². The van der Waals surface area contributed by atoms with E-state index in [0.29, 0.717) is 17.7 Å². The van der Waals surface area contributed by atoms with Crippen molar-refractivity contribution in [2.24, 2.45) is 0 Å². The second kappa shape index (κ2) is 7.11. The number of nitrogens with one attached hydrogen (secondary N) is 1. The molecule has 0 aliphatic carbocycles. The Balaban J connectivity index is 2.70. The quantitative estimate of drug-likeness (QED) is 0.846. The first-order valence-corrected chi connectivity index (χ1v) is 6.14. The van der Waals surface area contributed by atoms with Gasteiger partial charge in [0, 0.05) is 12.7 Å². The summed E-state index contributed by atoms with van der Waals surface area (Å²) in [6.07, 6.45) is 1.83. The van der Waals surface area contributed by atoms with Crippen LogP contribution in [0.25, 0.3) is 0 Å². The number of carbonyl (C=O) groups excluding carboxylic acids is 1. The Kier molecular flexibility index (Phi) is 5.78. The highest BCUT2D eigenvalue weighted by Crippen LogP contribution is 2.10. The van der Waals surface area contributed by atoms with Crippen LogP contribution in [-0.2, 0) is 4.74 Å². The number of ether oxygens (including phenoxy) is 1. The van der Waals surface area contributed by atoms with E-state index in [9.17, 15) is 9.18 Å². The molecule has 1 rings (SSSR count). The summed E-state index contributed by atoms with van der Waals surface area (Å²) >= 11 is 0. The first-order valence-electron chi connectivity index (χ1n) is 6.14. The summed E-state index contributed by atoms with van der Waals surface area (Å²) in [5.41, 5.74) is 0.951. The maximum Gasteiger partial charge on any atom is 0.251 e. The number of methoxy groups -OCH3 is 1. The molecule has 0 spiro atoms. The lowest BCUT2D eigenvalue weighted by molar-refractivity contribution is 0.0891. The topological polar surface area (TPSA) is 38.3 Å². The molecule has 100 valence electrons. The number of rotatable bonds is 6. The normalized spacial score (nSPS) is 12.2. The highest BCUT2D eigenvalue weighted by atomic mass is 19.1. The van der Waals surface area contributed by atoms with E-state index >= 15 is 0 Å². The van der Waals surface area contributed by atoms with E-state index in [-0.39, 0.29) is 17.8 Å². The molecule has 1 aromatic carbocycles. The molecule has 0 heterocycles. The summed E-state index contributed by atoms with van der Waals surface area (Å²) in [6, 6.07) is 4.36. The van der Waals surface area contributed by atoms with Crippen LogP contribution in [0.3, 0.4) is 0 Å². The maximum atomic E-state index is 13.1. The van der Waals surface area contributed by atoms with Crippen LogP contribution in [0.15, 0.2) is 18.2 Å². The fourth-order valence-corrected chi connectivity index (χ4v) is 1.80. The molecule has 3 nitrogen and oxygen atoms in total. The molecular weight excluding hydrogens is 233 g/mol. The minimum atomic E-state index is -0.298. The molecule has 1 N–H and O–H groups in total. The molecule has 0 aliphatic rings. The molecule has 1 amide bonds. The van der Waals surface area contributed by atoms with E-state index < -0.39 is 0 Å². The monoisotopic (exact) mass is 253 g/mol. The van der Waals surface area contributed by atoms with E-state index in [1.165, 1.54) is 12.1 Å². The molecule has 18 heavy (non-hydrogen) atoms. The van der Waals surface area contributed by atoms with Gasteiger partial charge in [0.15, 0.2) is 0 Å². The highest BCUT2D eigenvalue weighted by Gasteiger charge is 2.13. The lowest BCUT2D eigenvalue weighted by atomic mass is 10.1. The molecule has 0 fully saturated rings. The second-order valence-corrected chi connectivity index (χ2v) is 4.38. The van der Waals surface area contributed by atoms with Crippen molar-refractivity contribution >= 4 is 5.91 Å². The average Bonchev–Trinajstić information content (AvgIpc) is 2.33. The number of hydrogen-bond acceptors (Lipinski definition) is 2. The maximum absolute atomic E-state index is 13.1.